The van der Waals surface area contributed by atoms with E-state index in [1.807, 2.05) is 31.2 Å². The van der Waals surface area contributed by atoms with Gasteiger partial charge in [-0.2, -0.15) is 0 Å². The molecule has 1 N–H and O–H groups in total. The van der Waals surface area contributed by atoms with Gasteiger partial charge in [-0.15, -0.1) is 0 Å². The lowest BCUT2D eigenvalue weighted by atomic mass is 9.95. The molecule has 0 saturated heterocycles. The van der Waals surface area contributed by atoms with Crippen molar-refractivity contribution in [1.29, 1.82) is 0 Å². The van der Waals surface area contributed by atoms with Crippen LogP contribution >= 0.6 is 23.8 Å². The first-order chi connectivity index (χ1) is 10.5. The van der Waals surface area contributed by atoms with Crippen molar-refractivity contribution in [3.8, 4) is 0 Å². The standard InChI is InChI=1S/C18H17ClN2S/c1-10-7-11(2)16-15(8-10)21-18(22)12(3)20-17(16)13-5-4-6-14(19)9-13/h4-9,12H,1-3H3,(H,21,22). The molecule has 0 spiro atoms. The lowest BCUT2D eigenvalue weighted by Crippen LogP contribution is -2.20. The zero-order valence-electron chi connectivity index (χ0n) is 12.8. The van der Waals surface area contributed by atoms with Crippen LogP contribution in [0.25, 0.3) is 0 Å². The predicted octanol–water partition coefficient (Wildman–Crippen LogP) is 4.94. The fourth-order valence-electron chi connectivity index (χ4n) is 2.79. The molecule has 4 heteroatoms. The second kappa shape index (κ2) is 5.82. The number of benzene rings is 2. The lowest BCUT2D eigenvalue weighted by Gasteiger charge is -2.15. The van der Waals surface area contributed by atoms with E-state index in [-0.39, 0.29) is 6.04 Å². The normalized spacial score (nSPS) is 17.4. The summed E-state index contributed by atoms with van der Waals surface area (Å²) >= 11 is 11.6. The molecule has 1 unspecified atom stereocenters. The number of hydrogen-bond donors (Lipinski definition) is 1. The maximum atomic E-state index is 6.17. The highest BCUT2D eigenvalue weighted by atomic mass is 35.5. The van der Waals surface area contributed by atoms with Crippen molar-refractivity contribution >= 4 is 40.2 Å². The van der Waals surface area contributed by atoms with Crippen molar-refractivity contribution in [1.82, 2.24) is 0 Å². The Labute approximate surface area is 141 Å². The predicted molar refractivity (Wildman–Crippen MR) is 98.7 cm³/mol. The number of fused-ring (bicyclic) bond motifs is 1. The molecule has 0 amide bonds. The number of thiocarbonyl (C=S) groups is 1. The number of aryl methyl sites for hydroxylation is 2. The number of nitrogens with zero attached hydrogens (tertiary/aromatic N) is 1. The highest BCUT2D eigenvalue weighted by Gasteiger charge is 2.22. The van der Waals surface area contributed by atoms with E-state index in [0.717, 1.165) is 27.5 Å². The molecule has 0 bridgehead atoms. The molecule has 0 aromatic heterocycles. The van der Waals surface area contributed by atoms with Crippen molar-refractivity contribution < 1.29 is 0 Å². The van der Waals surface area contributed by atoms with E-state index in [1.165, 1.54) is 11.1 Å². The van der Waals surface area contributed by atoms with Crippen LogP contribution < -0.4 is 5.32 Å². The fourth-order valence-corrected chi connectivity index (χ4v) is 3.14. The number of aliphatic imine (C=N–C) groups is 1. The molecule has 2 aromatic rings. The van der Waals surface area contributed by atoms with Gasteiger partial charge in [-0.1, -0.05) is 42.0 Å². The van der Waals surface area contributed by atoms with Gasteiger partial charge in [0.2, 0.25) is 0 Å². The summed E-state index contributed by atoms with van der Waals surface area (Å²) in [5, 5.41) is 4.06. The summed E-state index contributed by atoms with van der Waals surface area (Å²) in [5.41, 5.74) is 6.45. The Morgan fingerprint density at radius 1 is 1.18 bits per heavy atom. The third kappa shape index (κ3) is 2.79. The first-order valence-electron chi connectivity index (χ1n) is 7.22. The Balaban J connectivity index is 2.29. The van der Waals surface area contributed by atoms with E-state index < -0.39 is 0 Å². The molecular weight excluding hydrogens is 312 g/mol. The summed E-state index contributed by atoms with van der Waals surface area (Å²) in [7, 11) is 0. The minimum absolute atomic E-state index is 0.0731. The summed E-state index contributed by atoms with van der Waals surface area (Å²) in [5.74, 6) is 0. The second-order valence-electron chi connectivity index (χ2n) is 5.66. The third-order valence-corrected chi connectivity index (χ3v) is 4.45. The Morgan fingerprint density at radius 2 is 1.95 bits per heavy atom. The number of benzodiazepines with no additional fused rings is 1. The van der Waals surface area contributed by atoms with Crippen LogP contribution in [0.5, 0.6) is 0 Å². The van der Waals surface area contributed by atoms with Gasteiger partial charge < -0.3 is 5.32 Å². The summed E-state index contributed by atoms with van der Waals surface area (Å²) in [4.78, 5) is 5.59. The third-order valence-electron chi connectivity index (χ3n) is 3.77. The maximum Gasteiger partial charge on any atom is 0.104 e. The fraction of sp³-hybridized carbons (Fsp3) is 0.222. The Bertz CT molecular complexity index is 796. The van der Waals surface area contributed by atoms with Crippen molar-refractivity contribution in [3.63, 3.8) is 0 Å². The quantitative estimate of drug-likeness (QED) is 0.750. The second-order valence-corrected chi connectivity index (χ2v) is 6.53. The van der Waals surface area contributed by atoms with Crippen molar-refractivity contribution in [2.24, 2.45) is 4.99 Å². The van der Waals surface area contributed by atoms with Gasteiger partial charge in [0.15, 0.2) is 0 Å². The monoisotopic (exact) mass is 328 g/mol. The van der Waals surface area contributed by atoms with E-state index in [4.69, 9.17) is 28.8 Å². The molecule has 0 radical (unpaired) electrons. The van der Waals surface area contributed by atoms with Crippen LogP contribution in [0.1, 0.15) is 29.2 Å². The van der Waals surface area contributed by atoms with Crippen LogP contribution in [0.3, 0.4) is 0 Å². The van der Waals surface area contributed by atoms with Gasteiger partial charge in [-0.05, 0) is 50.1 Å². The van der Waals surface area contributed by atoms with Gasteiger partial charge >= 0.3 is 0 Å². The van der Waals surface area contributed by atoms with Crippen LogP contribution in [0, 0.1) is 13.8 Å². The molecule has 3 rings (SSSR count). The molecule has 0 saturated carbocycles. The highest BCUT2D eigenvalue weighted by Crippen LogP contribution is 2.29. The molecule has 112 valence electrons. The minimum atomic E-state index is -0.0731. The van der Waals surface area contributed by atoms with Crippen molar-refractivity contribution in [2.75, 3.05) is 5.32 Å². The Hall–Kier alpha value is -1.71. The molecule has 0 fully saturated rings. The van der Waals surface area contributed by atoms with Crippen LogP contribution in [-0.4, -0.2) is 16.7 Å². The zero-order valence-corrected chi connectivity index (χ0v) is 14.3. The average molecular weight is 329 g/mol. The molecule has 1 heterocycles. The van der Waals surface area contributed by atoms with Gasteiger partial charge in [0.05, 0.1) is 11.8 Å². The van der Waals surface area contributed by atoms with E-state index in [9.17, 15) is 0 Å². The Kier molecular flexibility index (Phi) is 4.02. The van der Waals surface area contributed by atoms with E-state index in [2.05, 4.69) is 31.3 Å². The first-order valence-corrected chi connectivity index (χ1v) is 8.00. The molecule has 0 aliphatic carbocycles. The molecule has 2 nitrogen and oxygen atoms in total. The van der Waals surface area contributed by atoms with E-state index in [0.29, 0.717) is 5.02 Å². The molecule has 1 aliphatic heterocycles. The smallest absolute Gasteiger partial charge is 0.104 e. The summed E-state index contributed by atoms with van der Waals surface area (Å²) in [6.07, 6.45) is 0. The topological polar surface area (TPSA) is 24.4 Å². The molecular formula is C18H17ClN2S. The SMILES string of the molecule is Cc1cc(C)c2c(c1)NC(=S)C(C)N=C2c1cccc(Cl)c1. The van der Waals surface area contributed by atoms with Gasteiger partial charge in [0.25, 0.3) is 0 Å². The average Bonchev–Trinajstić information content (AvgIpc) is 2.56. The molecule has 2 aromatic carbocycles. The van der Waals surface area contributed by atoms with Crippen LogP contribution in [0.4, 0.5) is 5.69 Å². The number of anilines is 1. The summed E-state index contributed by atoms with van der Waals surface area (Å²) in [6.45, 7) is 6.20. The number of rotatable bonds is 1. The molecule has 1 aliphatic rings. The lowest BCUT2D eigenvalue weighted by molar-refractivity contribution is 0.991. The zero-order chi connectivity index (χ0) is 15.9. The summed E-state index contributed by atoms with van der Waals surface area (Å²) < 4.78 is 0. The number of halogens is 1. The van der Waals surface area contributed by atoms with Crippen LogP contribution in [0.15, 0.2) is 41.4 Å². The molecule has 1 atom stereocenters. The van der Waals surface area contributed by atoms with E-state index >= 15 is 0 Å². The van der Waals surface area contributed by atoms with Crippen LogP contribution in [0.2, 0.25) is 5.02 Å². The summed E-state index contributed by atoms with van der Waals surface area (Å²) in [6, 6.07) is 12.0. The minimum Gasteiger partial charge on any atom is -0.348 e. The Morgan fingerprint density at radius 3 is 2.68 bits per heavy atom. The van der Waals surface area contributed by atoms with Crippen LogP contribution in [-0.2, 0) is 0 Å². The largest absolute Gasteiger partial charge is 0.348 e. The van der Waals surface area contributed by atoms with Gasteiger partial charge in [-0.3, -0.25) is 4.99 Å². The van der Waals surface area contributed by atoms with Gasteiger partial charge in [0.1, 0.15) is 4.99 Å². The maximum absolute atomic E-state index is 6.17. The highest BCUT2D eigenvalue weighted by molar-refractivity contribution is 7.80. The first kappa shape index (κ1) is 15.2. The molecule has 22 heavy (non-hydrogen) atoms. The van der Waals surface area contributed by atoms with Gasteiger partial charge in [0, 0.05) is 21.8 Å². The van der Waals surface area contributed by atoms with Crippen molar-refractivity contribution in [3.05, 3.63) is 63.7 Å². The number of hydrogen-bond acceptors (Lipinski definition) is 2. The van der Waals surface area contributed by atoms with Gasteiger partial charge in [-0.25, -0.2) is 0 Å². The van der Waals surface area contributed by atoms with Crippen molar-refractivity contribution in [2.45, 2.75) is 26.8 Å². The number of nitrogens with one attached hydrogen (secondary N) is 1. The van der Waals surface area contributed by atoms with E-state index in [1.54, 1.807) is 0 Å².